The monoisotopic (exact) mass is 237 g/mol. The fraction of sp³-hybridized carbons (Fsp3) is 0.250. The number of nitrogens with two attached hydrogens (primary N) is 1. The Morgan fingerprint density at radius 3 is 2.82 bits per heavy atom. The molecule has 3 nitrogen and oxygen atoms in total. The number of nitrogens with zero attached hydrogens (tertiary/aromatic N) is 2. The second-order valence-corrected chi connectivity index (χ2v) is 4.00. The summed E-state index contributed by atoms with van der Waals surface area (Å²) in [5.41, 5.74) is 6.94. The molecule has 0 aliphatic carbocycles. The molecular weight excluding hydrogens is 224 g/mol. The van der Waals surface area contributed by atoms with Gasteiger partial charge in [0, 0.05) is 24.8 Å². The van der Waals surface area contributed by atoms with Crippen molar-refractivity contribution in [2.75, 3.05) is 0 Å². The number of rotatable bonds is 3. The first-order valence-corrected chi connectivity index (χ1v) is 5.24. The van der Waals surface area contributed by atoms with Crippen LogP contribution < -0.4 is 5.73 Å². The minimum atomic E-state index is -0.574. The quantitative estimate of drug-likeness (QED) is 0.886. The van der Waals surface area contributed by atoms with Gasteiger partial charge in [0.2, 0.25) is 0 Å². The van der Waals surface area contributed by atoms with E-state index in [9.17, 15) is 8.78 Å². The van der Waals surface area contributed by atoms with E-state index >= 15 is 0 Å². The summed E-state index contributed by atoms with van der Waals surface area (Å²) in [5.74, 6) is -0.967. The summed E-state index contributed by atoms with van der Waals surface area (Å²) in [6.07, 6.45) is 3.89. The van der Waals surface area contributed by atoms with Crippen LogP contribution in [0.3, 0.4) is 0 Å². The van der Waals surface area contributed by atoms with Crippen LogP contribution in [0.5, 0.6) is 0 Å². The summed E-state index contributed by atoms with van der Waals surface area (Å²) in [4.78, 5) is 0. The smallest absolute Gasteiger partial charge is 0.128 e. The molecule has 2 N–H and O–H groups in total. The first-order valence-electron chi connectivity index (χ1n) is 5.24. The molecule has 5 heteroatoms. The lowest BCUT2D eigenvalue weighted by molar-refractivity contribution is 0.561. The van der Waals surface area contributed by atoms with Gasteiger partial charge < -0.3 is 5.73 Å². The average Bonchev–Trinajstić information content (AvgIpc) is 2.67. The van der Waals surface area contributed by atoms with Gasteiger partial charge in [-0.3, -0.25) is 4.68 Å². The van der Waals surface area contributed by atoms with Crippen LogP contribution in [-0.2, 0) is 13.5 Å². The highest BCUT2D eigenvalue weighted by atomic mass is 19.1. The largest absolute Gasteiger partial charge is 0.324 e. The second kappa shape index (κ2) is 4.63. The Morgan fingerprint density at radius 2 is 2.18 bits per heavy atom. The SMILES string of the molecule is Cn1cc(CC(N)c2cc(F)ccc2F)cn1. The number of halogens is 2. The van der Waals surface area contributed by atoms with E-state index in [1.807, 2.05) is 0 Å². The summed E-state index contributed by atoms with van der Waals surface area (Å²) >= 11 is 0. The molecule has 0 saturated heterocycles. The minimum absolute atomic E-state index is 0.189. The summed E-state index contributed by atoms with van der Waals surface area (Å²) < 4.78 is 28.1. The average molecular weight is 237 g/mol. The molecule has 0 aliphatic heterocycles. The Balaban J connectivity index is 2.19. The van der Waals surface area contributed by atoms with Crippen LogP contribution in [-0.4, -0.2) is 9.78 Å². The molecule has 1 aromatic heterocycles. The van der Waals surface area contributed by atoms with Crippen molar-refractivity contribution < 1.29 is 8.78 Å². The van der Waals surface area contributed by atoms with Crippen LogP contribution in [0, 0.1) is 11.6 Å². The molecule has 90 valence electrons. The van der Waals surface area contributed by atoms with Gasteiger partial charge in [-0.1, -0.05) is 0 Å². The normalized spacial score (nSPS) is 12.7. The van der Waals surface area contributed by atoms with E-state index in [0.29, 0.717) is 6.42 Å². The van der Waals surface area contributed by atoms with E-state index in [0.717, 1.165) is 23.8 Å². The summed E-state index contributed by atoms with van der Waals surface area (Å²) in [6, 6.07) is 2.73. The predicted octanol–water partition coefficient (Wildman–Crippen LogP) is 1.94. The minimum Gasteiger partial charge on any atom is -0.324 e. The Hall–Kier alpha value is -1.75. The molecule has 0 saturated carbocycles. The van der Waals surface area contributed by atoms with Crippen LogP contribution >= 0.6 is 0 Å². The second-order valence-electron chi connectivity index (χ2n) is 4.00. The van der Waals surface area contributed by atoms with Crippen molar-refractivity contribution in [3.05, 3.63) is 53.4 Å². The molecule has 0 bridgehead atoms. The van der Waals surface area contributed by atoms with Crippen molar-refractivity contribution in [1.29, 1.82) is 0 Å². The standard InChI is InChI=1S/C12H13F2N3/c1-17-7-8(6-16-17)4-12(15)10-5-9(13)2-3-11(10)14/h2-3,5-7,12H,4,15H2,1H3. The molecule has 1 atom stereocenters. The predicted molar refractivity (Wildman–Crippen MR) is 60.2 cm³/mol. The Morgan fingerprint density at radius 1 is 1.41 bits per heavy atom. The number of hydrogen-bond donors (Lipinski definition) is 1. The third-order valence-corrected chi connectivity index (χ3v) is 2.57. The maximum atomic E-state index is 13.5. The fourth-order valence-electron chi connectivity index (χ4n) is 1.74. The molecule has 2 aromatic rings. The lowest BCUT2D eigenvalue weighted by Crippen LogP contribution is -2.15. The topological polar surface area (TPSA) is 43.8 Å². The zero-order valence-corrected chi connectivity index (χ0v) is 9.40. The highest BCUT2D eigenvalue weighted by Gasteiger charge is 2.13. The number of aryl methyl sites for hydroxylation is 1. The van der Waals surface area contributed by atoms with Crippen molar-refractivity contribution >= 4 is 0 Å². The highest BCUT2D eigenvalue weighted by molar-refractivity contribution is 5.24. The van der Waals surface area contributed by atoms with Gasteiger partial charge in [-0.05, 0) is 30.2 Å². The third kappa shape index (κ3) is 2.68. The molecule has 0 aliphatic rings. The van der Waals surface area contributed by atoms with Crippen LogP contribution in [0.15, 0.2) is 30.6 Å². The highest BCUT2D eigenvalue weighted by Crippen LogP contribution is 2.19. The Kier molecular flexibility index (Phi) is 3.19. The fourth-order valence-corrected chi connectivity index (χ4v) is 1.74. The summed E-state index contributed by atoms with van der Waals surface area (Å²) in [7, 11) is 1.79. The van der Waals surface area contributed by atoms with Crippen LogP contribution in [0.4, 0.5) is 8.78 Å². The van der Waals surface area contributed by atoms with Gasteiger partial charge in [0.15, 0.2) is 0 Å². The zero-order valence-electron chi connectivity index (χ0n) is 9.40. The van der Waals surface area contributed by atoms with Gasteiger partial charge in [0.05, 0.1) is 6.20 Å². The number of benzene rings is 1. The van der Waals surface area contributed by atoms with E-state index in [1.54, 1.807) is 24.1 Å². The van der Waals surface area contributed by atoms with Crippen molar-refractivity contribution in [3.8, 4) is 0 Å². The van der Waals surface area contributed by atoms with Crippen LogP contribution in [0.1, 0.15) is 17.2 Å². The lowest BCUT2D eigenvalue weighted by atomic mass is 10.0. The van der Waals surface area contributed by atoms with Gasteiger partial charge >= 0.3 is 0 Å². The molecule has 2 rings (SSSR count). The first-order chi connectivity index (χ1) is 8.06. The van der Waals surface area contributed by atoms with Crippen LogP contribution in [0.2, 0.25) is 0 Å². The molecule has 17 heavy (non-hydrogen) atoms. The van der Waals surface area contributed by atoms with Gasteiger partial charge in [-0.25, -0.2) is 8.78 Å². The summed E-state index contributed by atoms with van der Waals surface area (Å²) in [6.45, 7) is 0. The molecular formula is C12H13F2N3. The molecule has 0 radical (unpaired) electrons. The molecule has 1 unspecified atom stereocenters. The van der Waals surface area contributed by atoms with E-state index in [4.69, 9.17) is 5.73 Å². The van der Waals surface area contributed by atoms with Crippen molar-refractivity contribution in [3.63, 3.8) is 0 Å². The molecule has 0 fully saturated rings. The van der Waals surface area contributed by atoms with Gasteiger partial charge in [-0.15, -0.1) is 0 Å². The van der Waals surface area contributed by atoms with Gasteiger partial charge in [0.1, 0.15) is 11.6 Å². The van der Waals surface area contributed by atoms with E-state index < -0.39 is 17.7 Å². The van der Waals surface area contributed by atoms with Crippen molar-refractivity contribution in [2.24, 2.45) is 12.8 Å². The van der Waals surface area contributed by atoms with E-state index in [-0.39, 0.29) is 5.56 Å². The van der Waals surface area contributed by atoms with E-state index in [2.05, 4.69) is 5.10 Å². The maximum Gasteiger partial charge on any atom is 0.128 e. The Bertz CT molecular complexity index is 522. The Labute approximate surface area is 97.9 Å². The van der Waals surface area contributed by atoms with Crippen molar-refractivity contribution in [2.45, 2.75) is 12.5 Å². The molecule has 1 aromatic carbocycles. The molecule has 0 amide bonds. The van der Waals surface area contributed by atoms with Crippen molar-refractivity contribution in [1.82, 2.24) is 9.78 Å². The molecule has 1 heterocycles. The summed E-state index contributed by atoms with van der Waals surface area (Å²) in [5, 5.41) is 4.00. The van der Waals surface area contributed by atoms with Crippen LogP contribution in [0.25, 0.3) is 0 Å². The molecule has 0 spiro atoms. The number of hydrogen-bond acceptors (Lipinski definition) is 2. The number of aromatic nitrogens is 2. The van der Waals surface area contributed by atoms with Gasteiger partial charge in [0.25, 0.3) is 0 Å². The zero-order chi connectivity index (χ0) is 12.4. The first kappa shape index (κ1) is 11.7. The third-order valence-electron chi connectivity index (χ3n) is 2.57. The lowest BCUT2D eigenvalue weighted by Gasteiger charge is -2.11. The van der Waals surface area contributed by atoms with Gasteiger partial charge in [-0.2, -0.15) is 5.10 Å². The maximum absolute atomic E-state index is 13.5. The van der Waals surface area contributed by atoms with E-state index in [1.165, 1.54) is 0 Å².